The van der Waals surface area contributed by atoms with Crippen LogP contribution in [0.4, 0.5) is 22.4 Å². The van der Waals surface area contributed by atoms with Crippen LogP contribution in [-0.2, 0) is 9.59 Å². The van der Waals surface area contributed by atoms with E-state index in [0.717, 1.165) is 26.2 Å². The third kappa shape index (κ3) is 2.47. The van der Waals surface area contributed by atoms with Crippen LogP contribution in [0.5, 0.6) is 0 Å². The van der Waals surface area contributed by atoms with Gasteiger partial charge in [-0.3, -0.25) is 24.2 Å². The summed E-state index contributed by atoms with van der Waals surface area (Å²) in [5.74, 6) is -9.02. The lowest BCUT2D eigenvalue weighted by Gasteiger charge is -2.40. The van der Waals surface area contributed by atoms with Gasteiger partial charge in [0, 0.05) is 14.1 Å². The Hall–Kier alpha value is -3.31. The summed E-state index contributed by atoms with van der Waals surface area (Å²) in [6, 6.07) is 3.20. The molecular weight excluding hydrogens is 388 g/mol. The average Bonchev–Trinajstić information content (AvgIpc) is 2.92. The normalized spacial score (nSPS) is 25.0. The maximum Gasteiger partial charge on any atom is 0.422 e. The van der Waals surface area contributed by atoms with E-state index in [0.29, 0.717) is 9.80 Å². The van der Waals surface area contributed by atoms with Crippen LogP contribution in [0.15, 0.2) is 29.3 Å². The molecule has 0 radical (unpaired) electrons. The van der Waals surface area contributed by atoms with Gasteiger partial charge in [0.1, 0.15) is 17.6 Å². The highest BCUT2D eigenvalue weighted by Crippen LogP contribution is 2.44. The molecule has 28 heavy (non-hydrogen) atoms. The lowest BCUT2D eigenvalue weighted by Crippen LogP contribution is -2.72. The molecule has 0 aromatic heterocycles. The molecule has 1 fully saturated rings. The van der Waals surface area contributed by atoms with Crippen LogP contribution >= 0.6 is 0 Å². The van der Waals surface area contributed by atoms with Crippen LogP contribution in [-0.4, -0.2) is 65.2 Å². The topological polar surface area (TPSA) is 99.2 Å². The maximum absolute atomic E-state index is 14.1. The van der Waals surface area contributed by atoms with Gasteiger partial charge >= 0.3 is 12.2 Å². The van der Waals surface area contributed by atoms with Gasteiger partial charge in [-0.2, -0.15) is 18.2 Å². The largest absolute Gasteiger partial charge is 0.422 e. The van der Waals surface area contributed by atoms with E-state index in [2.05, 4.69) is 4.99 Å². The van der Waals surface area contributed by atoms with Gasteiger partial charge in [-0.05, 0) is 12.1 Å². The van der Waals surface area contributed by atoms with Crippen molar-refractivity contribution in [3.63, 3.8) is 0 Å². The number of halogens is 4. The predicted molar refractivity (Wildman–Crippen MR) is 84.5 cm³/mol. The molecule has 0 spiro atoms. The second-order valence-electron chi connectivity index (χ2n) is 6.19. The van der Waals surface area contributed by atoms with E-state index in [1.807, 2.05) is 0 Å². The lowest BCUT2D eigenvalue weighted by atomic mass is 9.81. The summed E-state index contributed by atoms with van der Waals surface area (Å²) in [5, 5.41) is 1.47. The summed E-state index contributed by atoms with van der Waals surface area (Å²) in [5.41, 5.74) is -4.53. The summed E-state index contributed by atoms with van der Waals surface area (Å²) >= 11 is 0. The van der Waals surface area contributed by atoms with Crippen molar-refractivity contribution in [1.82, 2.24) is 15.1 Å². The Bertz CT molecular complexity index is 945. The highest BCUT2D eigenvalue weighted by molar-refractivity contribution is 6.27. The van der Waals surface area contributed by atoms with Crippen LogP contribution in [0.1, 0.15) is 10.4 Å². The molecule has 1 saturated heterocycles. The Morgan fingerprint density at radius 3 is 2.32 bits per heavy atom. The van der Waals surface area contributed by atoms with E-state index in [9.17, 15) is 36.7 Å². The second-order valence-corrected chi connectivity index (χ2v) is 6.19. The Morgan fingerprint density at radius 2 is 1.75 bits per heavy atom. The molecule has 2 aliphatic rings. The third-order valence-corrected chi connectivity index (χ3v) is 4.62. The first-order valence-corrected chi connectivity index (χ1v) is 7.75. The van der Waals surface area contributed by atoms with Gasteiger partial charge in [-0.25, -0.2) is 9.18 Å². The number of benzene rings is 1. The summed E-state index contributed by atoms with van der Waals surface area (Å²) in [4.78, 5) is 53.4. The van der Waals surface area contributed by atoms with E-state index in [1.54, 1.807) is 0 Å². The van der Waals surface area contributed by atoms with E-state index < -0.39 is 58.6 Å². The number of fused-ring (bicyclic) bond motifs is 1. The summed E-state index contributed by atoms with van der Waals surface area (Å²) in [6.45, 7) is 0. The Morgan fingerprint density at radius 1 is 1.14 bits per heavy atom. The molecular formula is C16H12F4N4O4. The van der Waals surface area contributed by atoms with Crippen LogP contribution in [0, 0.1) is 11.7 Å². The van der Waals surface area contributed by atoms with E-state index in [-0.39, 0.29) is 0 Å². The fraction of sp³-hybridized carbons (Fsp3) is 0.312. The van der Waals surface area contributed by atoms with Crippen LogP contribution in [0.25, 0.3) is 0 Å². The number of urea groups is 1. The van der Waals surface area contributed by atoms with Gasteiger partial charge in [0.25, 0.3) is 11.8 Å². The van der Waals surface area contributed by atoms with Crippen molar-refractivity contribution in [1.29, 1.82) is 0 Å². The van der Waals surface area contributed by atoms with E-state index in [1.165, 1.54) is 17.4 Å². The zero-order valence-electron chi connectivity index (χ0n) is 14.4. The molecule has 3 rings (SSSR count). The number of nitrogens with zero attached hydrogens (tertiary/aromatic N) is 3. The van der Waals surface area contributed by atoms with Crippen LogP contribution in [0.2, 0.25) is 0 Å². The monoisotopic (exact) mass is 400 g/mol. The van der Waals surface area contributed by atoms with Crippen LogP contribution in [0.3, 0.4) is 0 Å². The van der Waals surface area contributed by atoms with Crippen molar-refractivity contribution in [2.45, 2.75) is 11.7 Å². The van der Waals surface area contributed by atoms with Gasteiger partial charge in [-0.1, -0.05) is 12.1 Å². The molecule has 148 valence electrons. The van der Waals surface area contributed by atoms with Crippen molar-refractivity contribution in [3.8, 4) is 0 Å². The molecule has 2 aliphatic heterocycles. The number of carbonyl (C=O) groups is 4. The Balaban J connectivity index is 2.14. The zero-order valence-corrected chi connectivity index (χ0v) is 14.4. The van der Waals surface area contributed by atoms with E-state index >= 15 is 0 Å². The van der Waals surface area contributed by atoms with Gasteiger partial charge in [0.05, 0.1) is 5.56 Å². The third-order valence-electron chi connectivity index (χ3n) is 4.62. The van der Waals surface area contributed by atoms with Gasteiger partial charge in [-0.15, -0.1) is 0 Å². The lowest BCUT2D eigenvalue weighted by molar-refractivity contribution is -0.203. The zero-order chi connectivity index (χ0) is 21.0. The molecule has 1 aromatic rings. The number of nitrogens with one attached hydrogen (secondary N) is 1. The highest BCUT2D eigenvalue weighted by Gasteiger charge is 2.74. The molecule has 2 unspecified atom stereocenters. The first-order valence-electron chi connectivity index (χ1n) is 7.75. The number of carbonyl (C=O) groups excluding carboxylic acids is 4. The molecule has 0 aliphatic carbocycles. The SMILES string of the molecule is CN1C(=O)C2C(=NC(=O)C2(NC(=O)c2ccccc2F)C(F)(F)F)N(C)C1=O. The van der Waals surface area contributed by atoms with Gasteiger partial charge in [0.2, 0.25) is 11.4 Å². The molecule has 8 nitrogen and oxygen atoms in total. The van der Waals surface area contributed by atoms with Gasteiger partial charge in [0.15, 0.2) is 0 Å². The Kier molecular flexibility index (Phi) is 4.24. The minimum atomic E-state index is -5.47. The second kappa shape index (κ2) is 6.11. The van der Waals surface area contributed by atoms with Crippen LogP contribution < -0.4 is 5.32 Å². The number of hydrogen-bond donors (Lipinski definition) is 1. The fourth-order valence-corrected chi connectivity index (χ4v) is 3.12. The van der Waals surface area contributed by atoms with Crippen molar-refractivity contribution >= 4 is 29.6 Å². The molecule has 1 N–H and O–H groups in total. The van der Waals surface area contributed by atoms with Crippen molar-refractivity contribution in [2.75, 3.05) is 14.1 Å². The minimum absolute atomic E-state index is 0.387. The number of amidine groups is 1. The number of amides is 5. The maximum atomic E-state index is 14.1. The van der Waals surface area contributed by atoms with E-state index in [4.69, 9.17) is 0 Å². The molecule has 0 bridgehead atoms. The first kappa shape index (κ1) is 19.5. The first-order chi connectivity index (χ1) is 12.9. The number of aliphatic imine (C=N–C) groups is 1. The quantitative estimate of drug-likeness (QED) is 0.747. The summed E-state index contributed by atoms with van der Waals surface area (Å²) in [7, 11) is 1.97. The number of imide groups is 1. The standard InChI is InChI=1S/C16H12F4N4O4/c1-23-10-9(12(26)24(2)14(23)28)15(13(27)21-10,16(18,19)20)22-11(25)7-5-3-4-6-8(7)17/h3-6,9H,1-2H3,(H,22,25). The molecule has 12 heteroatoms. The minimum Gasteiger partial charge on any atom is -0.329 e. The number of hydrogen-bond acceptors (Lipinski definition) is 4. The Labute approximate surface area is 154 Å². The van der Waals surface area contributed by atoms with Gasteiger partial charge < -0.3 is 5.32 Å². The molecule has 1 aromatic carbocycles. The number of rotatable bonds is 2. The van der Waals surface area contributed by atoms with Crippen molar-refractivity contribution in [2.24, 2.45) is 10.9 Å². The molecule has 0 saturated carbocycles. The summed E-state index contributed by atoms with van der Waals surface area (Å²) in [6.07, 6.45) is -5.47. The smallest absolute Gasteiger partial charge is 0.329 e. The molecule has 5 amide bonds. The fourth-order valence-electron chi connectivity index (χ4n) is 3.12. The number of alkyl halides is 3. The molecule has 2 atom stereocenters. The molecule has 2 heterocycles. The average molecular weight is 400 g/mol. The van der Waals surface area contributed by atoms with Crippen molar-refractivity contribution in [3.05, 3.63) is 35.6 Å². The predicted octanol–water partition coefficient (Wildman–Crippen LogP) is 0.935. The highest BCUT2D eigenvalue weighted by atomic mass is 19.4. The van der Waals surface area contributed by atoms with Crippen molar-refractivity contribution < 1.29 is 36.7 Å². The summed E-state index contributed by atoms with van der Waals surface area (Å²) < 4.78 is 56.0.